The van der Waals surface area contributed by atoms with Crippen molar-refractivity contribution in [3.05, 3.63) is 45.2 Å². The third kappa shape index (κ3) is 3.40. The van der Waals surface area contributed by atoms with Gasteiger partial charge in [0.1, 0.15) is 0 Å². The van der Waals surface area contributed by atoms with Crippen molar-refractivity contribution in [3.63, 3.8) is 0 Å². The monoisotopic (exact) mass is 352 g/mol. The third-order valence-electron chi connectivity index (χ3n) is 3.24. The average Bonchev–Trinajstić information content (AvgIpc) is 2.35. The molecule has 0 radical (unpaired) electrons. The minimum absolute atomic E-state index is 0.516. The quantitative estimate of drug-likeness (QED) is 0.833. The van der Waals surface area contributed by atoms with E-state index >= 15 is 0 Å². The SMILES string of the molecule is Cc1nc(Sc2cc(Br)ccc2C(C)O)nc(C)c1C. The summed E-state index contributed by atoms with van der Waals surface area (Å²) in [5.74, 6) is 0. The summed E-state index contributed by atoms with van der Waals surface area (Å²) in [5.41, 5.74) is 4.00. The molecule has 0 aliphatic heterocycles. The average molecular weight is 353 g/mol. The van der Waals surface area contributed by atoms with E-state index in [0.717, 1.165) is 31.9 Å². The molecule has 1 aromatic carbocycles. The second-order valence-corrected chi connectivity index (χ2v) is 6.69. The van der Waals surface area contributed by atoms with Crippen molar-refractivity contribution in [2.75, 3.05) is 0 Å². The van der Waals surface area contributed by atoms with Crippen molar-refractivity contribution >= 4 is 27.7 Å². The minimum Gasteiger partial charge on any atom is -0.389 e. The zero-order valence-electron chi connectivity index (χ0n) is 11.9. The van der Waals surface area contributed by atoms with E-state index in [1.165, 1.54) is 11.8 Å². The van der Waals surface area contributed by atoms with Crippen LogP contribution in [0.1, 0.15) is 35.5 Å². The van der Waals surface area contributed by atoms with Crippen LogP contribution < -0.4 is 0 Å². The summed E-state index contributed by atoms with van der Waals surface area (Å²) in [6, 6.07) is 5.84. The highest BCUT2D eigenvalue weighted by Gasteiger charge is 2.12. The van der Waals surface area contributed by atoms with Gasteiger partial charge in [0, 0.05) is 20.8 Å². The zero-order chi connectivity index (χ0) is 14.9. The van der Waals surface area contributed by atoms with Gasteiger partial charge in [-0.1, -0.05) is 22.0 Å². The van der Waals surface area contributed by atoms with Crippen LogP contribution in [0.15, 0.2) is 32.7 Å². The van der Waals surface area contributed by atoms with Crippen LogP contribution in [0.5, 0.6) is 0 Å². The Morgan fingerprint density at radius 3 is 2.30 bits per heavy atom. The van der Waals surface area contributed by atoms with Crippen molar-refractivity contribution in [1.29, 1.82) is 0 Å². The van der Waals surface area contributed by atoms with Crippen LogP contribution in [0.4, 0.5) is 0 Å². The molecule has 2 aromatic rings. The van der Waals surface area contributed by atoms with Crippen molar-refractivity contribution in [1.82, 2.24) is 9.97 Å². The van der Waals surface area contributed by atoms with E-state index in [-0.39, 0.29) is 0 Å². The van der Waals surface area contributed by atoms with Crippen LogP contribution >= 0.6 is 27.7 Å². The second-order valence-electron chi connectivity index (χ2n) is 4.76. The van der Waals surface area contributed by atoms with Crippen LogP contribution in [0, 0.1) is 20.8 Å². The molecule has 0 spiro atoms. The number of hydrogen-bond donors (Lipinski definition) is 1. The van der Waals surface area contributed by atoms with Crippen LogP contribution in [0.2, 0.25) is 0 Å². The standard InChI is InChI=1S/C15H17BrN2OS/c1-8-9(2)17-15(18-10(8)3)20-14-7-12(16)5-6-13(14)11(4)19/h5-7,11,19H,1-4H3. The molecule has 0 bridgehead atoms. The van der Waals surface area contributed by atoms with Crippen molar-refractivity contribution in [2.24, 2.45) is 0 Å². The number of aliphatic hydroxyl groups excluding tert-OH is 1. The summed E-state index contributed by atoms with van der Waals surface area (Å²) < 4.78 is 0.977. The van der Waals surface area contributed by atoms with Crippen LogP contribution in [-0.2, 0) is 0 Å². The molecule has 0 amide bonds. The molecular formula is C15H17BrN2OS. The maximum absolute atomic E-state index is 9.86. The molecule has 3 nitrogen and oxygen atoms in total. The van der Waals surface area contributed by atoms with Gasteiger partial charge < -0.3 is 5.11 Å². The third-order valence-corrected chi connectivity index (χ3v) is 4.67. The highest BCUT2D eigenvalue weighted by atomic mass is 79.9. The molecule has 0 aliphatic carbocycles. The Morgan fingerprint density at radius 2 is 1.75 bits per heavy atom. The fourth-order valence-corrected chi connectivity index (χ4v) is 3.44. The van der Waals surface area contributed by atoms with Crippen molar-refractivity contribution in [3.8, 4) is 0 Å². The molecule has 2 rings (SSSR count). The lowest BCUT2D eigenvalue weighted by Gasteiger charge is -2.12. The van der Waals surface area contributed by atoms with Gasteiger partial charge in [-0.2, -0.15) is 0 Å². The molecule has 1 unspecified atom stereocenters. The Labute approximate surface area is 132 Å². The molecule has 0 fully saturated rings. The lowest BCUT2D eigenvalue weighted by molar-refractivity contribution is 0.196. The van der Waals surface area contributed by atoms with E-state index in [0.29, 0.717) is 5.16 Å². The van der Waals surface area contributed by atoms with Gasteiger partial charge >= 0.3 is 0 Å². The number of halogens is 1. The number of aliphatic hydroxyl groups is 1. The molecule has 106 valence electrons. The number of hydrogen-bond acceptors (Lipinski definition) is 4. The maximum atomic E-state index is 9.86. The molecule has 0 saturated heterocycles. The lowest BCUT2D eigenvalue weighted by Crippen LogP contribution is -1.99. The predicted molar refractivity (Wildman–Crippen MR) is 85.1 cm³/mol. The Bertz CT molecular complexity index is 621. The summed E-state index contributed by atoms with van der Waals surface area (Å²) in [6.45, 7) is 7.77. The summed E-state index contributed by atoms with van der Waals surface area (Å²) in [7, 11) is 0. The van der Waals surface area contributed by atoms with Gasteiger partial charge in [0.2, 0.25) is 0 Å². The normalized spacial score (nSPS) is 12.5. The van der Waals surface area contributed by atoms with Gasteiger partial charge in [0.15, 0.2) is 5.16 Å². The largest absolute Gasteiger partial charge is 0.389 e. The van der Waals surface area contributed by atoms with Gasteiger partial charge in [-0.15, -0.1) is 0 Å². The predicted octanol–water partition coefficient (Wildman–Crippen LogP) is 4.37. The van der Waals surface area contributed by atoms with E-state index in [1.54, 1.807) is 6.92 Å². The summed E-state index contributed by atoms with van der Waals surface area (Å²) in [6.07, 6.45) is -0.516. The van der Waals surface area contributed by atoms with Crippen molar-refractivity contribution < 1.29 is 5.11 Å². The first kappa shape index (κ1) is 15.5. The van der Waals surface area contributed by atoms with Gasteiger partial charge in [0.05, 0.1) is 6.10 Å². The Balaban J connectivity index is 2.42. The molecule has 1 N–H and O–H groups in total. The fourth-order valence-electron chi connectivity index (χ4n) is 1.83. The zero-order valence-corrected chi connectivity index (χ0v) is 14.3. The molecule has 5 heteroatoms. The van der Waals surface area contributed by atoms with Gasteiger partial charge in [-0.25, -0.2) is 9.97 Å². The van der Waals surface area contributed by atoms with Crippen molar-refractivity contribution in [2.45, 2.75) is 43.9 Å². The Morgan fingerprint density at radius 1 is 1.15 bits per heavy atom. The number of benzene rings is 1. The first-order valence-electron chi connectivity index (χ1n) is 6.35. The molecule has 20 heavy (non-hydrogen) atoms. The van der Waals surface area contributed by atoms with E-state index in [9.17, 15) is 5.11 Å². The molecule has 1 aromatic heterocycles. The van der Waals surface area contributed by atoms with Crippen LogP contribution in [0.25, 0.3) is 0 Å². The Kier molecular flexibility index (Phi) is 4.83. The van der Waals surface area contributed by atoms with Gasteiger partial charge in [-0.3, -0.25) is 0 Å². The second kappa shape index (κ2) is 6.24. The first-order valence-corrected chi connectivity index (χ1v) is 7.96. The number of aryl methyl sites for hydroxylation is 2. The maximum Gasteiger partial charge on any atom is 0.192 e. The molecule has 1 heterocycles. The topological polar surface area (TPSA) is 46.0 Å². The Hall–Kier alpha value is -0.910. The highest BCUT2D eigenvalue weighted by molar-refractivity contribution is 9.10. The van der Waals surface area contributed by atoms with E-state index in [2.05, 4.69) is 25.9 Å². The van der Waals surface area contributed by atoms with Crippen LogP contribution in [0.3, 0.4) is 0 Å². The number of nitrogens with zero attached hydrogens (tertiary/aromatic N) is 2. The summed E-state index contributed by atoms with van der Waals surface area (Å²) >= 11 is 4.95. The smallest absolute Gasteiger partial charge is 0.192 e. The molecule has 1 atom stereocenters. The van der Waals surface area contributed by atoms with Gasteiger partial charge in [0.25, 0.3) is 0 Å². The summed E-state index contributed by atoms with van der Waals surface area (Å²) in [4.78, 5) is 10.00. The summed E-state index contributed by atoms with van der Waals surface area (Å²) in [5, 5.41) is 10.6. The van der Waals surface area contributed by atoms with Gasteiger partial charge in [-0.05, 0) is 62.7 Å². The number of rotatable bonds is 3. The number of aromatic nitrogens is 2. The van der Waals surface area contributed by atoms with E-state index in [1.807, 2.05) is 39.0 Å². The first-order chi connectivity index (χ1) is 9.38. The van der Waals surface area contributed by atoms with E-state index in [4.69, 9.17) is 0 Å². The van der Waals surface area contributed by atoms with E-state index < -0.39 is 6.10 Å². The molecule has 0 saturated carbocycles. The molecular weight excluding hydrogens is 336 g/mol. The molecule has 0 aliphatic rings. The lowest BCUT2D eigenvalue weighted by atomic mass is 10.1. The highest BCUT2D eigenvalue weighted by Crippen LogP contribution is 2.34. The minimum atomic E-state index is -0.516. The fraction of sp³-hybridized carbons (Fsp3) is 0.333. The van der Waals surface area contributed by atoms with Crippen LogP contribution in [-0.4, -0.2) is 15.1 Å².